The fourth-order valence-electron chi connectivity index (χ4n) is 1.90. The average molecular weight is 219 g/mol. The molecule has 1 aliphatic rings. The molecule has 1 saturated carbocycles. The molecule has 3 N–H and O–H groups in total. The minimum Gasteiger partial charge on any atom is -0.271 e. The molecule has 1 aliphatic carbocycles. The van der Waals surface area contributed by atoms with Gasteiger partial charge >= 0.3 is 0 Å². The van der Waals surface area contributed by atoms with Crippen molar-refractivity contribution in [3.63, 3.8) is 0 Å². The van der Waals surface area contributed by atoms with E-state index in [2.05, 4.69) is 15.3 Å². The highest BCUT2D eigenvalue weighted by Crippen LogP contribution is 2.34. The van der Waals surface area contributed by atoms with Crippen LogP contribution < -0.4 is 15.3 Å². The van der Waals surface area contributed by atoms with Crippen LogP contribution in [0.5, 0.6) is 0 Å². The van der Waals surface area contributed by atoms with Crippen molar-refractivity contribution in [2.75, 3.05) is 13.1 Å². The Labute approximate surface area is 86.8 Å². The van der Waals surface area contributed by atoms with Gasteiger partial charge in [0.05, 0.1) is 0 Å². The van der Waals surface area contributed by atoms with E-state index in [1.54, 1.807) is 0 Å². The largest absolute Gasteiger partial charge is 0.279 e. The Kier molecular flexibility index (Phi) is 5.10. The van der Waals surface area contributed by atoms with Gasteiger partial charge in [0.25, 0.3) is 7.59 Å². The number of nitrogens with one attached hydrogen (secondary N) is 3. The first-order chi connectivity index (χ1) is 6.70. The molecule has 0 unspecified atom stereocenters. The van der Waals surface area contributed by atoms with Crippen molar-refractivity contribution in [3.05, 3.63) is 0 Å². The quantitative estimate of drug-likeness (QED) is 0.597. The van der Waals surface area contributed by atoms with Crippen LogP contribution in [0.15, 0.2) is 0 Å². The lowest BCUT2D eigenvalue weighted by Gasteiger charge is -2.24. The van der Waals surface area contributed by atoms with Crippen molar-refractivity contribution in [1.29, 1.82) is 0 Å². The summed E-state index contributed by atoms with van der Waals surface area (Å²) in [5.41, 5.74) is 0. The molecular weight excluding hydrogens is 197 g/mol. The molecule has 0 amide bonds. The topological polar surface area (TPSA) is 53.2 Å². The van der Waals surface area contributed by atoms with Gasteiger partial charge in [-0.3, -0.25) is 4.57 Å². The lowest BCUT2D eigenvalue weighted by molar-refractivity contribution is 0.521. The van der Waals surface area contributed by atoms with Crippen molar-refractivity contribution in [2.24, 2.45) is 0 Å². The molecule has 1 fully saturated rings. The molecular formula is C9H22N3OP. The fraction of sp³-hybridized carbons (Fsp3) is 1.00. The van der Waals surface area contributed by atoms with Crippen molar-refractivity contribution in [3.8, 4) is 0 Å². The molecule has 0 aromatic heterocycles. The molecule has 0 saturated heterocycles. The van der Waals surface area contributed by atoms with Crippen molar-refractivity contribution in [2.45, 2.75) is 45.6 Å². The maximum atomic E-state index is 12.2. The van der Waals surface area contributed by atoms with E-state index >= 15 is 0 Å². The summed E-state index contributed by atoms with van der Waals surface area (Å²) in [7, 11) is -2.52. The lowest BCUT2D eigenvalue weighted by atomic mass is 10.3. The average Bonchev–Trinajstić information content (AvgIpc) is 2.57. The van der Waals surface area contributed by atoms with E-state index in [-0.39, 0.29) is 0 Å². The van der Waals surface area contributed by atoms with E-state index in [0.29, 0.717) is 6.04 Å². The summed E-state index contributed by atoms with van der Waals surface area (Å²) in [5, 5.41) is 9.27. The summed E-state index contributed by atoms with van der Waals surface area (Å²) in [4.78, 5) is 0. The summed E-state index contributed by atoms with van der Waals surface area (Å²) in [6.45, 7) is 5.40. The van der Waals surface area contributed by atoms with E-state index in [1.165, 1.54) is 12.8 Å². The Morgan fingerprint density at radius 2 is 1.64 bits per heavy atom. The van der Waals surface area contributed by atoms with Gasteiger partial charge in [0.15, 0.2) is 0 Å². The van der Waals surface area contributed by atoms with E-state index in [9.17, 15) is 4.57 Å². The van der Waals surface area contributed by atoms with Crippen LogP contribution in [0.25, 0.3) is 0 Å². The minimum atomic E-state index is -2.52. The number of rotatable bonds is 6. The van der Waals surface area contributed by atoms with Crippen molar-refractivity contribution < 1.29 is 4.57 Å². The fourth-order valence-corrected chi connectivity index (χ4v) is 3.86. The zero-order valence-electron chi connectivity index (χ0n) is 9.18. The van der Waals surface area contributed by atoms with Gasteiger partial charge in [-0.2, -0.15) is 0 Å². The molecule has 14 heavy (non-hydrogen) atoms. The van der Waals surface area contributed by atoms with Crippen molar-refractivity contribution in [1.82, 2.24) is 15.3 Å². The molecule has 1 rings (SSSR count). The van der Waals surface area contributed by atoms with E-state index < -0.39 is 7.59 Å². The van der Waals surface area contributed by atoms with Gasteiger partial charge in [0, 0.05) is 19.1 Å². The molecule has 0 aliphatic heterocycles. The molecule has 0 aromatic rings. The monoisotopic (exact) mass is 219 g/mol. The van der Waals surface area contributed by atoms with Gasteiger partial charge in [-0.1, -0.05) is 26.7 Å². The first-order valence-electron chi connectivity index (χ1n) is 5.58. The molecule has 0 spiro atoms. The van der Waals surface area contributed by atoms with Crippen LogP contribution in [0.4, 0.5) is 0 Å². The Balaban J connectivity index is 2.44. The molecule has 4 nitrogen and oxygen atoms in total. The van der Waals surface area contributed by atoms with Gasteiger partial charge < -0.3 is 0 Å². The highest BCUT2D eigenvalue weighted by molar-refractivity contribution is 7.57. The zero-order chi connectivity index (χ0) is 10.4. The predicted molar refractivity (Wildman–Crippen MR) is 60.4 cm³/mol. The van der Waals surface area contributed by atoms with Gasteiger partial charge in [-0.15, -0.1) is 0 Å². The summed E-state index contributed by atoms with van der Waals surface area (Å²) < 4.78 is 12.2. The maximum absolute atomic E-state index is 12.2. The maximum Gasteiger partial charge on any atom is 0.279 e. The number of hydrogen-bond donors (Lipinski definition) is 3. The zero-order valence-corrected chi connectivity index (χ0v) is 10.1. The van der Waals surface area contributed by atoms with E-state index in [4.69, 9.17) is 0 Å². The third-order valence-corrected chi connectivity index (χ3v) is 4.73. The normalized spacial score (nSPS) is 19.0. The molecule has 0 aromatic carbocycles. The number of hydrogen-bond acceptors (Lipinski definition) is 1. The third kappa shape index (κ3) is 3.70. The van der Waals surface area contributed by atoms with Crippen LogP contribution in [0.2, 0.25) is 0 Å². The van der Waals surface area contributed by atoms with Gasteiger partial charge in [0.1, 0.15) is 0 Å². The third-order valence-electron chi connectivity index (χ3n) is 2.48. The first kappa shape index (κ1) is 12.2. The summed E-state index contributed by atoms with van der Waals surface area (Å²) in [6.07, 6.45) is 4.83. The molecule has 0 atom stereocenters. The smallest absolute Gasteiger partial charge is 0.271 e. The molecule has 5 heteroatoms. The molecule has 0 heterocycles. The van der Waals surface area contributed by atoms with E-state index in [0.717, 1.165) is 25.9 Å². The molecule has 0 radical (unpaired) electrons. The summed E-state index contributed by atoms with van der Waals surface area (Å²) >= 11 is 0. The van der Waals surface area contributed by atoms with Gasteiger partial charge in [0.2, 0.25) is 0 Å². The van der Waals surface area contributed by atoms with Crippen LogP contribution in [-0.4, -0.2) is 19.1 Å². The predicted octanol–water partition coefficient (Wildman–Crippen LogP) is 1.85. The first-order valence-corrected chi connectivity index (χ1v) is 7.29. The molecule has 0 bridgehead atoms. The summed E-state index contributed by atoms with van der Waals surface area (Å²) in [5.74, 6) is 0. The Morgan fingerprint density at radius 3 is 2.07 bits per heavy atom. The van der Waals surface area contributed by atoms with Crippen LogP contribution in [0.3, 0.4) is 0 Å². The van der Waals surface area contributed by atoms with Gasteiger partial charge in [-0.25, -0.2) is 15.3 Å². The SMILES string of the molecule is CCNP(=O)(NCC)NC1CCCC1. The van der Waals surface area contributed by atoms with E-state index in [1.807, 2.05) is 13.8 Å². The van der Waals surface area contributed by atoms with Crippen molar-refractivity contribution >= 4 is 7.59 Å². The van der Waals surface area contributed by atoms with Crippen LogP contribution in [0.1, 0.15) is 39.5 Å². The van der Waals surface area contributed by atoms with Crippen LogP contribution in [-0.2, 0) is 4.57 Å². The second kappa shape index (κ2) is 5.86. The second-order valence-corrected chi connectivity index (χ2v) is 5.85. The highest BCUT2D eigenvalue weighted by Gasteiger charge is 2.25. The molecule has 84 valence electrons. The van der Waals surface area contributed by atoms with Crippen LogP contribution >= 0.6 is 7.59 Å². The minimum absolute atomic E-state index is 0.430. The highest BCUT2D eigenvalue weighted by atomic mass is 31.2. The van der Waals surface area contributed by atoms with Gasteiger partial charge in [-0.05, 0) is 12.8 Å². The summed E-state index contributed by atoms with van der Waals surface area (Å²) in [6, 6.07) is 0.430. The lowest BCUT2D eigenvalue weighted by Crippen LogP contribution is -2.36. The Hall–Kier alpha value is 0.110. The Bertz CT molecular complexity index is 194. The van der Waals surface area contributed by atoms with Crippen LogP contribution in [0, 0.1) is 0 Å². The Morgan fingerprint density at radius 1 is 1.14 bits per heavy atom. The second-order valence-electron chi connectivity index (χ2n) is 3.74. The standard InChI is InChI=1S/C9H22N3OP/c1-3-10-14(13,11-4-2)12-9-7-5-6-8-9/h9H,3-8H2,1-2H3,(H3,10,11,12,13).